The first kappa shape index (κ1) is 13.4. The molecule has 0 saturated carbocycles. The summed E-state index contributed by atoms with van der Waals surface area (Å²) in [5, 5.41) is 0. The van der Waals surface area contributed by atoms with Crippen LogP contribution in [0.4, 0.5) is 0 Å². The minimum atomic E-state index is 0. The first-order valence-electron chi connectivity index (χ1n) is 3.18. The van der Waals surface area contributed by atoms with Crippen molar-refractivity contribution in [2.24, 2.45) is 0 Å². The number of likely N-dealkylation sites (tertiary alicyclic amines) is 1. The van der Waals surface area contributed by atoms with E-state index in [1.807, 2.05) is 0 Å². The molecule has 0 N–H and O–H groups in total. The molecular weight excluding hydrogens is 162 g/mol. The van der Waals surface area contributed by atoms with Crippen LogP contribution in [0.5, 0.6) is 0 Å². The molecule has 0 spiro atoms. The first-order chi connectivity index (χ1) is 4.34. The van der Waals surface area contributed by atoms with Crippen molar-refractivity contribution in [1.29, 1.82) is 0 Å². The smallest absolute Gasteiger partial charge is 0.223 e. The second-order valence-electron chi connectivity index (χ2n) is 2.23. The summed E-state index contributed by atoms with van der Waals surface area (Å²) in [5.41, 5.74) is 0. The van der Waals surface area contributed by atoms with Gasteiger partial charge in [0.1, 0.15) is 0 Å². The van der Waals surface area contributed by atoms with Crippen molar-refractivity contribution in [2.75, 3.05) is 12.5 Å². The minimum absolute atomic E-state index is 0. The zero-order valence-corrected chi connectivity index (χ0v) is 6.02. The number of alkyl halides is 1. The van der Waals surface area contributed by atoms with Crippen molar-refractivity contribution in [3.63, 3.8) is 0 Å². The van der Waals surface area contributed by atoms with Gasteiger partial charge in [0.05, 0.1) is 6.00 Å². The van der Waals surface area contributed by atoms with Crippen LogP contribution >= 0.6 is 11.6 Å². The van der Waals surface area contributed by atoms with Crippen LogP contribution in [0.1, 0.15) is 34.1 Å². The summed E-state index contributed by atoms with van der Waals surface area (Å²) in [6.45, 7) is 0.850. The summed E-state index contributed by atoms with van der Waals surface area (Å²) in [4.78, 5) is 12.6. The van der Waals surface area contributed by atoms with Crippen molar-refractivity contribution in [3.8, 4) is 0 Å². The van der Waals surface area contributed by atoms with Gasteiger partial charge in [-0.05, 0) is 12.8 Å². The molecule has 0 atom stereocenters. The van der Waals surface area contributed by atoms with Gasteiger partial charge in [0.25, 0.3) is 0 Å². The largest absolute Gasteiger partial charge is 0.329 e. The van der Waals surface area contributed by atoms with Gasteiger partial charge in [-0.25, -0.2) is 0 Å². The SMILES string of the molecule is C.C.O=C1CCCCN1CCl. The van der Waals surface area contributed by atoms with Gasteiger partial charge in [0.2, 0.25) is 5.91 Å². The predicted molar refractivity (Wildman–Crippen MR) is 49.7 cm³/mol. The van der Waals surface area contributed by atoms with E-state index in [0.717, 1.165) is 19.4 Å². The fourth-order valence-electron chi connectivity index (χ4n) is 0.988. The minimum Gasteiger partial charge on any atom is -0.329 e. The summed E-state index contributed by atoms with van der Waals surface area (Å²) in [7, 11) is 0. The molecule has 0 unspecified atom stereocenters. The number of rotatable bonds is 1. The standard InChI is InChI=1S/C6H10ClNO.2CH4/c7-5-8-4-2-1-3-6(8)9;;/h1-5H2;2*1H4. The van der Waals surface area contributed by atoms with Crippen LogP contribution in [0.15, 0.2) is 0 Å². The number of amides is 1. The number of hydrogen-bond donors (Lipinski definition) is 0. The summed E-state index contributed by atoms with van der Waals surface area (Å²) in [6, 6.07) is 0.360. The van der Waals surface area contributed by atoms with Crippen LogP contribution < -0.4 is 0 Å². The van der Waals surface area contributed by atoms with Crippen LogP contribution in [-0.2, 0) is 4.79 Å². The lowest BCUT2D eigenvalue weighted by Gasteiger charge is -2.23. The van der Waals surface area contributed by atoms with E-state index in [9.17, 15) is 4.79 Å². The maximum absolute atomic E-state index is 10.9. The average molecular weight is 180 g/mol. The van der Waals surface area contributed by atoms with E-state index in [1.54, 1.807) is 4.90 Å². The van der Waals surface area contributed by atoms with Gasteiger partial charge < -0.3 is 4.90 Å². The molecule has 3 heteroatoms. The Morgan fingerprint density at radius 3 is 2.36 bits per heavy atom. The second-order valence-corrected chi connectivity index (χ2v) is 2.47. The maximum atomic E-state index is 10.9. The normalized spacial score (nSPS) is 16.8. The van der Waals surface area contributed by atoms with Crippen molar-refractivity contribution < 1.29 is 4.79 Å². The number of hydrogen-bond acceptors (Lipinski definition) is 1. The maximum Gasteiger partial charge on any atom is 0.223 e. The van der Waals surface area contributed by atoms with Gasteiger partial charge in [-0.3, -0.25) is 4.79 Å². The molecule has 0 radical (unpaired) electrons. The molecule has 1 saturated heterocycles. The molecule has 0 aromatic rings. The van der Waals surface area contributed by atoms with Gasteiger partial charge in [-0.1, -0.05) is 14.9 Å². The van der Waals surface area contributed by atoms with Crippen LogP contribution in [0.2, 0.25) is 0 Å². The van der Waals surface area contributed by atoms with Crippen molar-refractivity contribution in [1.82, 2.24) is 4.90 Å². The van der Waals surface area contributed by atoms with E-state index >= 15 is 0 Å². The topological polar surface area (TPSA) is 20.3 Å². The Morgan fingerprint density at radius 2 is 2.00 bits per heavy atom. The highest BCUT2D eigenvalue weighted by Gasteiger charge is 2.15. The molecule has 0 aliphatic carbocycles. The highest BCUT2D eigenvalue weighted by molar-refractivity contribution is 6.18. The Bertz CT molecular complexity index is 117. The number of piperidine rings is 1. The predicted octanol–water partition coefficient (Wildman–Crippen LogP) is 2.47. The lowest BCUT2D eigenvalue weighted by Crippen LogP contribution is -2.33. The molecule has 11 heavy (non-hydrogen) atoms. The monoisotopic (exact) mass is 179 g/mol. The van der Waals surface area contributed by atoms with E-state index in [-0.39, 0.29) is 20.8 Å². The molecule has 0 bridgehead atoms. The Labute approximate surface area is 74.5 Å². The summed E-state index contributed by atoms with van der Waals surface area (Å²) in [5.74, 6) is 0.205. The molecule has 1 fully saturated rings. The van der Waals surface area contributed by atoms with Crippen molar-refractivity contribution in [3.05, 3.63) is 0 Å². The van der Waals surface area contributed by atoms with Crippen molar-refractivity contribution >= 4 is 17.5 Å². The zero-order chi connectivity index (χ0) is 6.69. The van der Waals surface area contributed by atoms with Gasteiger partial charge in [-0.2, -0.15) is 0 Å². The number of halogens is 1. The fourth-order valence-corrected chi connectivity index (χ4v) is 1.24. The summed E-state index contributed by atoms with van der Waals surface area (Å²) in [6.07, 6.45) is 2.83. The zero-order valence-electron chi connectivity index (χ0n) is 5.27. The molecule has 1 aliphatic rings. The van der Waals surface area contributed by atoms with Crippen LogP contribution in [0.25, 0.3) is 0 Å². The van der Waals surface area contributed by atoms with Gasteiger partial charge in [0.15, 0.2) is 0 Å². The lowest BCUT2D eigenvalue weighted by molar-refractivity contribution is -0.132. The Morgan fingerprint density at radius 1 is 1.36 bits per heavy atom. The third-order valence-corrected chi connectivity index (χ3v) is 1.85. The second kappa shape index (κ2) is 6.47. The Balaban J connectivity index is 0. The van der Waals surface area contributed by atoms with Gasteiger partial charge in [0, 0.05) is 13.0 Å². The van der Waals surface area contributed by atoms with E-state index in [0.29, 0.717) is 12.4 Å². The van der Waals surface area contributed by atoms with Crippen molar-refractivity contribution in [2.45, 2.75) is 34.1 Å². The number of carbonyl (C=O) groups excluding carboxylic acids is 1. The third-order valence-electron chi connectivity index (χ3n) is 1.57. The van der Waals surface area contributed by atoms with Gasteiger partial charge >= 0.3 is 0 Å². The highest BCUT2D eigenvalue weighted by Crippen LogP contribution is 2.09. The average Bonchev–Trinajstić information content (AvgIpc) is 1.89. The molecule has 1 amide bonds. The number of nitrogens with zero attached hydrogens (tertiary/aromatic N) is 1. The molecular formula is C8H18ClNO. The third kappa shape index (κ3) is 3.61. The molecule has 0 aromatic carbocycles. The summed E-state index contributed by atoms with van der Waals surface area (Å²) >= 11 is 5.48. The summed E-state index contributed by atoms with van der Waals surface area (Å²) < 4.78 is 0. The molecule has 1 rings (SSSR count). The van der Waals surface area contributed by atoms with Gasteiger partial charge in [-0.15, -0.1) is 11.6 Å². The van der Waals surface area contributed by atoms with Crippen LogP contribution in [0.3, 0.4) is 0 Å². The number of carbonyl (C=O) groups is 1. The van der Waals surface area contributed by atoms with E-state index in [4.69, 9.17) is 11.6 Å². The highest BCUT2D eigenvalue weighted by atomic mass is 35.5. The fraction of sp³-hybridized carbons (Fsp3) is 0.875. The molecule has 1 heterocycles. The quantitative estimate of drug-likeness (QED) is 0.448. The molecule has 1 aliphatic heterocycles. The van der Waals surface area contributed by atoms with E-state index < -0.39 is 0 Å². The molecule has 68 valence electrons. The Kier molecular flexibility index (Phi) is 7.85. The molecule has 2 nitrogen and oxygen atoms in total. The Hall–Kier alpha value is -0.240. The molecule has 0 aromatic heterocycles. The first-order valence-corrected chi connectivity index (χ1v) is 3.72. The van der Waals surface area contributed by atoms with Crippen LogP contribution in [-0.4, -0.2) is 23.4 Å². The van der Waals surface area contributed by atoms with E-state index in [1.165, 1.54) is 0 Å². The van der Waals surface area contributed by atoms with E-state index in [2.05, 4.69) is 0 Å². The lowest BCUT2D eigenvalue weighted by atomic mass is 10.1. The van der Waals surface area contributed by atoms with Crippen LogP contribution in [0, 0.1) is 0 Å².